The van der Waals surface area contributed by atoms with E-state index in [0.717, 1.165) is 13.7 Å². The Kier molecular flexibility index (Phi) is 5.08. The van der Waals surface area contributed by atoms with Crippen LogP contribution in [0.1, 0.15) is 5.56 Å². The maximum Gasteiger partial charge on any atom is 0.264 e. The molecule has 1 aliphatic rings. The second-order valence-corrected chi connectivity index (χ2v) is 7.85. The van der Waals surface area contributed by atoms with E-state index in [-0.39, 0.29) is 11.7 Å². The molecule has 116 valence electrons. The molecule has 7 heteroatoms. The van der Waals surface area contributed by atoms with E-state index in [4.69, 9.17) is 0 Å². The van der Waals surface area contributed by atoms with Gasteiger partial charge in [0.1, 0.15) is 5.75 Å². The Morgan fingerprint density at radius 2 is 1.96 bits per heavy atom. The summed E-state index contributed by atoms with van der Waals surface area (Å²) in [4.78, 5) is 17.0. The quantitative estimate of drug-likeness (QED) is 0.466. The minimum Gasteiger partial charge on any atom is -0.507 e. The third-order valence-electron chi connectivity index (χ3n) is 2.98. The minimum absolute atomic E-state index is 0.143. The summed E-state index contributed by atoms with van der Waals surface area (Å²) in [5.41, 5.74) is 1.37. The molecule has 0 unspecified atom stereocenters. The molecule has 0 saturated carbocycles. The lowest BCUT2D eigenvalue weighted by Crippen LogP contribution is -2.19. The lowest BCUT2D eigenvalue weighted by Gasteiger charge is -2.00. The Bertz CT molecular complexity index is 834. The van der Waals surface area contributed by atoms with Crippen molar-refractivity contribution in [1.82, 2.24) is 5.32 Å². The van der Waals surface area contributed by atoms with Crippen LogP contribution in [-0.4, -0.2) is 16.2 Å². The zero-order valence-electron chi connectivity index (χ0n) is 11.6. The number of carbonyl (C=O) groups excluding carboxylic acids is 1. The molecule has 2 aromatic carbocycles. The summed E-state index contributed by atoms with van der Waals surface area (Å²) in [6.07, 6.45) is 1.67. The van der Waals surface area contributed by atoms with Crippen LogP contribution in [0.25, 0.3) is 6.08 Å². The smallest absolute Gasteiger partial charge is 0.264 e. The van der Waals surface area contributed by atoms with Crippen LogP contribution >= 0.6 is 50.3 Å². The highest BCUT2D eigenvalue weighted by Crippen LogP contribution is 2.31. The Labute approximate surface area is 159 Å². The van der Waals surface area contributed by atoms with Crippen LogP contribution in [0.15, 0.2) is 56.8 Å². The van der Waals surface area contributed by atoms with Crippen LogP contribution in [0.5, 0.6) is 5.75 Å². The molecule has 3 rings (SSSR count). The first-order valence-electron chi connectivity index (χ1n) is 6.55. The van der Waals surface area contributed by atoms with E-state index in [1.807, 2.05) is 30.3 Å². The first-order valence-corrected chi connectivity index (χ1v) is 9.24. The summed E-state index contributed by atoms with van der Waals surface area (Å²) in [7, 11) is 0. The Balaban J connectivity index is 1.86. The number of phenolic OH excluding ortho intramolecular Hbond substituents is 1. The molecule has 2 aromatic rings. The number of halogens is 2. The first-order chi connectivity index (χ1) is 11.0. The van der Waals surface area contributed by atoms with E-state index in [2.05, 4.69) is 48.8 Å². The van der Waals surface area contributed by atoms with Crippen molar-refractivity contribution in [2.75, 3.05) is 0 Å². The standard InChI is InChI=1S/C16H10BrIN2O2S/c17-10-1-4-12(5-2-10)19-16-20-15(22)14(23-16)8-9-7-11(18)3-6-13(9)21/h1-8,21H,(H,19,20,22)/b14-8+. The molecule has 1 amide bonds. The Hall–Kier alpha value is -1.32. The lowest BCUT2D eigenvalue weighted by atomic mass is 10.2. The Morgan fingerprint density at radius 3 is 2.70 bits per heavy atom. The second-order valence-electron chi connectivity index (χ2n) is 4.66. The second kappa shape index (κ2) is 7.06. The number of amidine groups is 1. The van der Waals surface area contributed by atoms with Crippen molar-refractivity contribution in [3.8, 4) is 5.75 Å². The molecule has 1 aliphatic heterocycles. The fourth-order valence-electron chi connectivity index (χ4n) is 1.90. The van der Waals surface area contributed by atoms with Gasteiger partial charge in [0.15, 0.2) is 5.17 Å². The molecule has 2 N–H and O–H groups in total. The van der Waals surface area contributed by atoms with Crippen molar-refractivity contribution in [3.63, 3.8) is 0 Å². The number of phenols is 1. The fourth-order valence-corrected chi connectivity index (χ4v) is 3.51. The topological polar surface area (TPSA) is 61.7 Å². The van der Waals surface area contributed by atoms with E-state index < -0.39 is 0 Å². The molecule has 23 heavy (non-hydrogen) atoms. The molecular formula is C16H10BrIN2O2S. The van der Waals surface area contributed by atoms with E-state index >= 15 is 0 Å². The summed E-state index contributed by atoms with van der Waals surface area (Å²) in [6, 6.07) is 12.7. The minimum atomic E-state index is -0.218. The molecule has 0 aliphatic carbocycles. The number of hydrogen-bond acceptors (Lipinski definition) is 4. The number of hydrogen-bond donors (Lipinski definition) is 2. The van der Waals surface area contributed by atoms with Crippen LogP contribution in [-0.2, 0) is 4.79 Å². The number of thioether (sulfide) groups is 1. The maximum atomic E-state index is 12.1. The SMILES string of the molecule is O=C1NC(=Nc2ccc(Br)cc2)S/C1=C/c1cc(I)ccc1O. The summed E-state index contributed by atoms with van der Waals surface area (Å²) in [5.74, 6) is -0.0752. The molecule has 1 fully saturated rings. The zero-order chi connectivity index (χ0) is 16.4. The van der Waals surface area contributed by atoms with Crippen LogP contribution in [0.2, 0.25) is 0 Å². The number of benzene rings is 2. The van der Waals surface area contributed by atoms with Crippen molar-refractivity contribution in [1.29, 1.82) is 0 Å². The van der Waals surface area contributed by atoms with Crippen LogP contribution in [0, 0.1) is 3.57 Å². The van der Waals surface area contributed by atoms with Crippen molar-refractivity contribution in [2.45, 2.75) is 0 Å². The van der Waals surface area contributed by atoms with E-state index in [9.17, 15) is 9.90 Å². The van der Waals surface area contributed by atoms with Crippen molar-refractivity contribution >= 4 is 73.1 Å². The molecular weight excluding hydrogens is 491 g/mol. The van der Waals surface area contributed by atoms with Gasteiger partial charge in [0.25, 0.3) is 5.91 Å². The van der Waals surface area contributed by atoms with Gasteiger partial charge in [0.2, 0.25) is 0 Å². The van der Waals surface area contributed by atoms with Gasteiger partial charge in [-0.1, -0.05) is 15.9 Å². The number of amides is 1. The maximum absolute atomic E-state index is 12.1. The van der Waals surface area contributed by atoms with Crippen molar-refractivity contribution in [2.24, 2.45) is 4.99 Å². The number of carbonyl (C=O) groups is 1. The molecule has 0 aromatic heterocycles. The number of aliphatic imine (C=N–C) groups is 1. The van der Waals surface area contributed by atoms with Gasteiger partial charge in [0.05, 0.1) is 10.6 Å². The normalized spacial score (nSPS) is 17.7. The number of rotatable bonds is 2. The summed E-state index contributed by atoms with van der Waals surface area (Å²) in [5, 5.41) is 13.1. The number of aromatic hydroxyl groups is 1. The van der Waals surface area contributed by atoms with E-state index in [0.29, 0.717) is 15.6 Å². The van der Waals surface area contributed by atoms with Crippen LogP contribution < -0.4 is 5.32 Å². The summed E-state index contributed by atoms with van der Waals surface area (Å²) >= 11 is 6.78. The van der Waals surface area contributed by atoms with Gasteiger partial charge in [-0.3, -0.25) is 4.79 Å². The molecule has 0 spiro atoms. The van der Waals surface area contributed by atoms with Gasteiger partial charge in [-0.2, -0.15) is 0 Å². The fraction of sp³-hybridized carbons (Fsp3) is 0. The van der Waals surface area contributed by atoms with Gasteiger partial charge < -0.3 is 10.4 Å². The highest BCUT2D eigenvalue weighted by Gasteiger charge is 2.24. The third-order valence-corrected chi connectivity index (χ3v) is 5.09. The highest BCUT2D eigenvalue weighted by molar-refractivity contribution is 14.1. The molecule has 0 radical (unpaired) electrons. The van der Waals surface area contributed by atoms with Gasteiger partial charge in [-0.05, 0) is 82.9 Å². The average Bonchev–Trinajstić information content (AvgIpc) is 2.85. The molecule has 1 saturated heterocycles. The molecule has 0 bridgehead atoms. The van der Waals surface area contributed by atoms with Gasteiger partial charge in [0, 0.05) is 13.6 Å². The predicted octanol–water partition coefficient (Wildman–Crippen LogP) is 4.65. The predicted molar refractivity (Wildman–Crippen MR) is 106 cm³/mol. The average molecular weight is 501 g/mol. The number of nitrogens with one attached hydrogen (secondary N) is 1. The molecule has 4 nitrogen and oxygen atoms in total. The zero-order valence-corrected chi connectivity index (χ0v) is 16.1. The summed E-state index contributed by atoms with van der Waals surface area (Å²) in [6.45, 7) is 0. The van der Waals surface area contributed by atoms with Gasteiger partial charge in [-0.15, -0.1) is 0 Å². The number of nitrogens with zero attached hydrogens (tertiary/aromatic N) is 1. The van der Waals surface area contributed by atoms with Gasteiger partial charge >= 0.3 is 0 Å². The van der Waals surface area contributed by atoms with Crippen molar-refractivity contribution < 1.29 is 9.90 Å². The van der Waals surface area contributed by atoms with Gasteiger partial charge in [-0.25, -0.2) is 4.99 Å². The van der Waals surface area contributed by atoms with Crippen LogP contribution in [0.3, 0.4) is 0 Å². The highest BCUT2D eigenvalue weighted by atomic mass is 127. The van der Waals surface area contributed by atoms with E-state index in [1.54, 1.807) is 18.2 Å². The van der Waals surface area contributed by atoms with Crippen molar-refractivity contribution in [3.05, 3.63) is 61.0 Å². The third kappa shape index (κ3) is 4.15. The molecule has 0 atom stereocenters. The summed E-state index contributed by atoms with van der Waals surface area (Å²) < 4.78 is 1.96. The molecule has 1 heterocycles. The first kappa shape index (κ1) is 16.5. The van der Waals surface area contributed by atoms with Crippen LogP contribution in [0.4, 0.5) is 5.69 Å². The van der Waals surface area contributed by atoms with E-state index in [1.165, 1.54) is 11.8 Å². The lowest BCUT2D eigenvalue weighted by molar-refractivity contribution is -0.115. The Morgan fingerprint density at radius 1 is 1.22 bits per heavy atom. The largest absolute Gasteiger partial charge is 0.507 e. The monoisotopic (exact) mass is 500 g/mol.